The molecule has 21 heavy (non-hydrogen) atoms. The van der Waals surface area contributed by atoms with Crippen LogP contribution in [0.25, 0.3) is 0 Å². The lowest BCUT2D eigenvalue weighted by Gasteiger charge is -2.31. The molecule has 0 bridgehead atoms. The van der Waals surface area contributed by atoms with Crippen molar-refractivity contribution in [1.29, 1.82) is 5.26 Å². The smallest absolute Gasteiger partial charge is 0.293 e. The molecule has 6 nitrogen and oxygen atoms in total. The maximum atomic E-state index is 13.6. The van der Waals surface area contributed by atoms with Crippen LogP contribution in [0.3, 0.4) is 0 Å². The van der Waals surface area contributed by atoms with Gasteiger partial charge in [0.1, 0.15) is 11.5 Å². The molecule has 1 aliphatic heterocycles. The Hall–Kier alpha value is -1.47. The summed E-state index contributed by atoms with van der Waals surface area (Å²) < 4.78 is 13.9. The summed E-state index contributed by atoms with van der Waals surface area (Å²) >= 11 is 1.74. The summed E-state index contributed by atoms with van der Waals surface area (Å²) in [6.45, 7) is 1.91. The van der Waals surface area contributed by atoms with Crippen molar-refractivity contribution in [1.82, 2.24) is 4.90 Å². The first-order valence-electron chi connectivity index (χ1n) is 6.50. The Labute approximate surface area is 135 Å². The molecule has 1 saturated heterocycles. The van der Waals surface area contributed by atoms with E-state index in [2.05, 4.69) is 11.4 Å². The Balaban J connectivity index is 2.08. The molecule has 1 N–H and O–H groups in total. The van der Waals surface area contributed by atoms with Crippen LogP contribution in [0.2, 0.25) is 0 Å². The minimum atomic E-state index is -0.505. The van der Waals surface area contributed by atoms with Gasteiger partial charge in [-0.2, -0.15) is 5.26 Å². The highest BCUT2D eigenvalue weighted by molar-refractivity contribution is 14.1. The van der Waals surface area contributed by atoms with E-state index in [-0.39, 0.29) is 21.0 Å². The zero-order valence-corrected chi connectivity index (χ0v) is 13.3. The Bertz CT molecular complexity index is 582. The van der Waals surface area contributed by atoms with Gasteiger partial charge in [0.2, 0.25) is 0 Å². The number of hydrogen-bond donors (Lipinski definition) is 1. The van der Waals surface area contributed by atoms with Crippen molar-refractivity contribution in [3.05, 3.63) is 31.6 Å². The molecule has 0 aliphatic carbocycles. The summed E-state index contributed by atoms with van der Waals surface area (Å²) in [6.07, 6.45) is 1.54. The van der Waals surface area contributed by atoms with Gasteiger partial charge in [-0.15, -0.1) is 0 Å². The highest BCUT2D eigenvalue weighted by atomic mass is 127. The molecule has 8 heteroatoms. The number of nitriles is 1. The van der Waals surface area contributed by atoms with Gasteiger partial charge in [-0.3, -0.25) is 15.0 Å². The van der Waals surface area contributed by atoms with Gasteiger partial charge < -0.3 is 5.32 Å². The number of rotatable bonds is 4. The van der Waals surface area contributed by atoms with Crippen LogP contribution >= 0.6 is 22.6 Å². The molecule has 0 spiro atoms. The lowest BCUT2D eigenvalue weighted by atomic mass is 10.0. The maximum Gasteiger partial charge on any atom is 0.293 e. The first-order valence-corrected chi connectivity index (χ1v) is 7.58. The second-order valence-electron chi connectivity index (χ2n) is 4.89. The van der Waals surface area contributed by atoms with Gasteiger partial charge in [-0.1, -0.05) is 0 Å². The Kier molecular flexibility index (Phi) is 5.30. The van der Waals surface area contributed by atoms with Crippen molar-refractivity contribution in [3.63, 3.8) is 0 Å². The minimum absolute atomic E-state index is 0.0538. The zero-order chi connectivity index (χ0) is 15.4. The van der Waals surface area contributed by atoms with Crippen LogP contribution in [-0.2, 0) is 0 Å². The Morgan fingerprint density at radius 2 is 2.19 bits per heavy atom. The summed E-state index contributed by atoms with van der Waals surface area (Å²) in [7, 11) is 0. The van der Waals surface area contributed by atoms with Crippen molar-refractivity contribution in [2.75, 3.05) is 25.0 Å². The second kappa shape index (κ2) is 7.00. The summed E-state index contributed by atoms with van der Waals surface area (Å²) in [5.41, 5.74) is 0.108. The standard InChI is InChI=1S/C13H14FIN4O2/c14-10-7-12(13(19(20)21)8-11(10)15)17-9-1-4-18(5-2-9)6-3-16/h7-9,17H,1-2,4-6H2. The van der Waals surface area contributed by atoms with Gasteiger partial charge in [0, 0.05) is 31.3 Å². The Morgan fingerprint density at radius 1 is 1.52 bits per heavy atom. The summed E-state index contributed by atoms with van der Waals surface area (Å²) in [6, 6.07) is 4.58. The van der Waals surface area contributed by atoms with Crippen molar-refractivity contribution < 1.29 is 9.31 Å². The van der Waals surface area contributed by atoms with Crippen LogP contribution < -0.4 is 5.32 Å². The van der Waals surface area contributed by atoms with E-state index in [0.717, 1.165) is 25.9 Å². The van der Waals surface area contributed by atoms with Gasteiger partial charge in [0.25, 0.3) is 5.69 Å². The fourth-order valence-electron chi connectivity index (χ4n) is 2.36. The van der Waals surface area contributed by atoms with E-state index in [1.807, 2.05) is 4.90 Å². The van der Waals surface area contributed by atoms with E-state index in [1.54, 1.807) is 22.6 Å². The number of anilines is 1. The average Bonchev–Trinajstić information content (AvgIpc) is 2.44. The SMILES string of the molecule is N#CCN1CCC(Nc2cc(F)c(I)cc2[N+](=O)[O-])CC1. The molecule has 1 heterocycles. The van der Waals surface area contributed by atoms with Crippen LogP contribution in [-0.4, -0.2) is 35.5 Å². The summed E-state index contributed by atoms with van der Waals surface area (Å²) in [4.78, 5) is 12.6. The molecule has 0 amide bonds. The van der Waals surface area contributed by atoms with Crippen molar-refractivity contribution in [2.45, 2.75) is 18.9 Å². The first-order chi connectivity index (χ1) is 10.0. The van der Waals surface area contributed by atoms with E-state index in [1.165, 1.54) is 12.1 Å². The largest absolute Gasteiger partial charge is 0.377 e. The number of halogens is 2. The summed E-state index contributed by atoms with van der Waals surface area (Å²) in [5.74, 6) is -0.467. The van der Waals surface area contributed by atoms with Gasteiger partial charge in [0.15, 0.2) is 0 Å². The van der Waals surface area contributed by atoms with Crippen LogP contribution in [0.15, 0.2) is 12.1 Å². The molecule has 0 atom stereocenters. The predicted molar refractivity (Wildman–Crippen MR) is 84.5 cm³/mol. The molecule has 2 rings (SSSR count). The molecule has 1 aromatic carbocycles. The number of nitrogens with zero attached hydrogens (tertiary/aromatic N) is 3. The zero-order valence-electron chi connectivity index (χ0n) is 11.2. The van der Waals surface area contributed by atoms with Crippen LogP contribution in [0.5, 0.6) is 0 Å². The molecule has 1 aromatic rings. The predicted octanol–water partition coefficient (Wildman–Crippen LogP) is 2.74. The summed E-state index contributed by atoms with van der Waals surface area (Å²) in [5, 5.41) is 22.8. The molecular formula is C13H14FIN4O2. The highest BCUT2D eigenvalue weighted by Gasteiger charge is 2.23. The quantitative estimate of drug-likeness (QED) is 0.361. The molecule has 0 saturated carbocycles. The lowest BCUT2D eigenvalue weighted by molar-refractivity contribution is -0.384. The molecule has 112 valence electrons. The van der Waals surface area contributed by atoms with Crippen molar-refractivity contribution in [3.8, 4) is 6.07 Å². The van der Waals surface area contributed by atoms with E-state index in [4.69, 9.17) is 5.26 Å². The van der Waals surface area contributed by atoms with Gasteiger partial charge in [-0.25, -0.2) is 4.39 Å². The third-order valence-electron chi connectivity index (χ3n) is 3.48. The second-order valence-corrected chi connectivity index (χ2v) is 6.06. The molecular weight excluding hydrogens is 390 g/mol. The van der Waals surface area contributed by atoms with Crippen molar-refractivity contribution in [2.24, 2.45) is 0 Å². The monoisotopic (exact) mass is 404 g/mol. The fourth-order valence-corrected chi connectivity index (χ4v) is 2.81. The van der Waals surface area contributed by atoms with Crippen LogP contribution in [0.1, 0.15) is 12.8 Å². The Morgan fingerprint density at radius 3 is 2.76 bits per heavy atom. The van der Waals surface area contributed by atoms with Crippen molar-refractivity contribution >= 4 is 34.0 Å². The first kappa shape index (κ1) is 15.9. The van der Waals surface area contributed by atoms with E-state index < -0.39 is 10.7 Å². The average molecular weight is 404 g/mol. The van der Waals surface area contributed by atoms with Gasteiger partial charge in [-0.05, 0) is 35.4 Å². The minimum Gasteiger partial charge on any atom is -0.377 e. The molecule has 0 aromatic heterocycles. The number of nitro benzene ring substituents is 1. The van der Waals surface area contributed by atoms with Crippen LogP contribution in [0, 0.1) is 30.8 Å². The van der Waals surface area contributed by atoms with E-state index in [9.17, 15) is 14.5 Å². The lowest BCUT2D eigenvalue weighted by Crippen LogP contribution is -2.39. The molecule has 1 aliphatic rings. The highest BCUT2D eigenvalue weighted by Crippen LogP contribution is 2.30. The fraction of sp³-hybridized carbons (Fsp3) is 0.462. The third kappa shape index (κ3) is 4.01. The van der Waals surface area contributed by atoms with E-state index >= 15 is 0 Å². The normalized spacial score (nSPS) is 16.4. The topological polar surface area (TPSA) is 82.2 Å². The number of hydrogen-bond acceptors (Lipinski definition) is 5. The number of nitro groups is 1. The molecule has 1 fully saturated rings. The van der Waals surface area contributed by atoms with Gasteiger partial charge >= 0.3 is 0 Å². The maximum absolute atomic E-state index is 13.6. The molecule has 0 unspecified atom stereocenters. The third-order valence-corrected chi connectivity index (χ3v) is 4.30. The number of likely N-dealkylation sites (tertiary alicyclic amines) is 1. The number of benzene rings is 1. The number of nitrogens with one attached hydrogen (secondary N) is 1. The van der Waals surface area contributed by atoms with Crippen LogP contribution in [0.4, 0.5) is 15.8 Å². The van der Waals surface area contributed by atoms with E-state index in [0.29, 0.717) is 6.54 Å². The molecule has 0 radical (unpaired) electrons. The van der Waals surface area contributed by atoms with Gasteiger partial charge in [0.05, 0.1) is 21.1 Å². The number of piperidine rings is 1.